The topological polar surface area (TPSA) is 66.1 Å². The van der Waals surface area contributed by atoms with Crippen LogP contribution in [0.4, 0.5) is 0 Å². The molecule has 0 unspecified atom stereocenters. The van der Waals surface area contributed by atoms with Crippen LogP contribution >= 0.6 is 22.9 Å². The molecule has 5 nitrogen and oxygen atoms in total. The summed E-state index contributed by atoms with van der Waals surface area (Å²) in [6.45, 7) is 6.59. The number of nitrogens with one attached hydrogen (secondary N) is 1. The molecule has 0 aliphatic heterocycles. The van der Waals surface area contributed by atoms with E-state index < -0.39 is 0 Å². The highest BCUT2D eigenvalue weighted by Gasteiger charge is 2.19. The minimum absolute atomic E-state index is 0.0572. The van der Waals surface area contributed by atoms with Crippen molar-refractivity contribution < 1.29 is 4.79 Å². The molecule has 0 saturated heterocycles. The fourth-order valence-corrected chi connectivity index (χ4v) is 3.84. The predicted molar refractivity (Wildman–Crippen MR) is 102 cm³/mol. The van der Waals surface area contributed by atoms with Crippen molar-refractivity contribution >= 4 is 39.7 Å². The first kappa shape index (κ1) is 17.6. The summed E-state index contributed by atoms with van der Waals surface area (Å²) in [6.07, 6.45) is 0. The number of rotatable bonds is 4. The molecule has 0 radical (unpaired) electrons. The number of aromatic amines is 1. The summed E-state index contributed by atoms with van der Waals surface area (Å²) in [4.78, 5) is 36.0. The first-order chi connectivity index (χ1) is 11.9. The van der Waals surface area contributed by atoms with Crippen molar-refractivity contribution in [3.8, 4) is 0 Å². The van der Waals surface area contributed by atoms with Gasteiger partial charge in [0.25, 0.3) is 11.5 Å². The lowest BCUT2D eigenvalue weighted by Gasteiger charge is -2.20. The van der Waals surface area contributed by atoms with Gasteiger partial charge in [-0.1, -0.05) is 11.6 Å². The van der Waals surface area contributed by atoms with Crippen molar-refractivity contribution in [2.45, 2.75) is 27.3 Å². The van der Waals surface area contributed by atoms with Crippen LogP contribution in [0.15, 0.2) is 29.1 Å². The van der Waals surface area contributed by atoms with Gasteiger partial charge in [0.1, 0.15) is 5.82 Å². The lowest BCUT2D eigenvalue weighted by atomic mass is 10.2. The molecule has 25 heavy (non-hydrogen) atoms. The molecule has 3 rings (SSSR count). The van der Waals surface area contributed by atoms with Crippen LogP contribution in [0.2, 0.25) is 5.02 Å². The first-order valence-electron chi connectivity index (χ1n) is 7.93. The van der Waals surface area contributed by atoms with Gasteiger partial charge in [-0.2, -0.15) is 0 Å². The number of hydrogen-bond acceptors (Lipinski definition) is 4. The van der Waals surface area contributed by atoms with Crippen LogP contribution < -0.4 is 5.56 Å². The fourth-order valence-electron chi connectivity index (χ4n) is 2.76. The molecule has 0 bridgehead atoms. The molecule has 0 aliphatic carbocycles. The molecule has 2 heterocycles. The molecule has 0 aliphatic rings. The third kappa shape index (κ3) is 3.60. The maximum absolute atomic E-state index is 12.8. The van der Waals surface area contributed by atoms with Crippen molar-refractivity contribution in [1.82, 2.24) is 14.9 Å². The van der Waals surface area contributed by atoms with E-state index in [0.717, 1.165) is 9.75 Å². The maximum atomic E-state index is 12.8. The van der Waals surface area contributed by atoms with Gasteiger partial charge < -0.3 is 9.88 Å². The second-order valence-electron chi connectivity index (χ2n) is 5.82. The van der Waals surface area contributed by atoms with Gasteiger partial charge in [0.15, 0.2) is 0 Å². The Hall–Kier alpha value is -2.18. The van der Waals surface area contributed by atoms with E-state index in [-0.39, 0.29) is 18.0 Å². The van der Waals surface area contributed by atoms with Gasteiger partial charge >= 0.3 is 0 Å². The van der Waals surface area contributed by atoms with E-state index in [4.69, 9.17) is 11.6 Å². The zero-order valence-corrected chi connectivity index (χ0v) is 15.8. The summed E-state index contributed by atoms with van der Waals surface area (Å²) in [5, 5.41) is 0.996. The Balaban J connectivity index is 1.94. The molecule has 2 aromatic heterocycles. The van der Waals surface area contributed by atoms with Crippen molar-refractivity contribution in [1.29, 1.82) is 0 Å². The number of thiophene rings is 1. The second kappa shape index (κ2) is 6.98. The van der Waals surface area contributed by atoms with Crippen molar-refractivity contribution in [3.05, 3.63) is 60.8 Å². The third-order valence-corrected chi connectivity index (χ3v) is 5.20. The highest BCUT2D eigenvalue weighted by atomic mass is 35.5. The lowest BCUT2D eigenvalue weighted by Crippen LogP contribution is -2.32. The molecule has 1 aromatic carbocycles. The maximum Gasteiger partial charge on any atom is 0.258 e. The number of carbonyl (C=O) groups excluding carboxylic acids is 1. The van der Waals surface area contributed by atoms with E-state index in [0.29, 0.717) is 33.9 Å². The van der Waals surface area contributed by atoms with Gasteiger partial charge in [0.05, 0.1) is 23.0 Å². The van der Waals surface area contributed by atoms with E-state index in [2.05, 4.69) is 9.97 Å². The minimum atomic E-state index is -0.234. The number of aryl methyl sites for hydroxylation is 2. The number of aromatic nitrogens is 2. The summed E-state index contributed by atoms with van der Waals surface area (Å²) in [5.74, 6) is 0.387. The Morgan fingerprint density at radius 2 is 2.08 bits per heavy atom. The zero-order chi connectivity index (χ0) is 18.1. The number of carbonyl (C=O) groups is 1. The highest BCUT2D eigenvalue weighted by Crippen LogP contribution is 2.22. The average molecular weight is 376 g/mol. The standard InChI is InChI=1S/C18H18ClN3O2S/c1-4-22(18(24)14-7-10(2)25-11(14)3)9-16-20-15-8-12(19)5-6-13(15)17(23)21-16/h5-8H,4,9H2,1-3H3,(H,20,21,23). The smallest absolute Gasteiger partial charge is 0.258 e. The number of hydrogen-bond donors (Lipinski definition) is 1. The quantitative estimate of drug-likeness (QED) is 0.751. The molecule has 0 saturated carbocycles. The van der Waals surface area contributed by atoms with Crippen LogP contribution in [-0.2, 0) is 6.54 Å². The Morgan fingerprint density at radius 3 is 2.72 bits per heavy atom. The first-order valence-corrected chi connectivity index (χ1v) is 9.13. The Morgan fingerprint density at radius 1 is 1.32 bits per heavy atom. The van der Waals surface area contributed by atoms with Gasteiger partial charge in [-0.3, -0.25) is 9.59 Å². The molecule has 0 spiro atoms. The van der Waals surface area contributed by atoms with Crippen molar-refractivity contribution in [2.24, 2.45) is 0 Å². The van der Waals surface area contributed by atoms with Crippen LogP contribution in [0.1, 0.15) is 32.9 Å². The van der Waals surface area contributed by atoms with E-state index in [1.165, 1.54) is 0 Å². The van der Waals surface area contributed by atoms with Gasteiger partial charge in [0, 0.05) is 21.3 Å². The SMILES string of the molecule is CCN(Cc1nc2cc(Cl)ccc2c(=O)[nH]1)C(=O)c1cc(C)sc1C. The summed E-state index contributed by atoms with van der Waals surface area (Å²) in [6, 6.07) is 6.86. The van der Waals surface area contributed by atoms with Crippen LogP contribution in [0.3, 0.4) is 0 Å². The molecule has 0 fully saturated rings. The number of H-pyrrole nitrogens is 1. The number of nitrogens with zero attached hydrogens (tertiary/aromatic N) is 2. The van der Waals surface area contributed by atoms with E-state index >= 15 is 0 Å². The average Bonchev–Trinajstić information content (AvgIpc) is 2.90. The molecular formula is C18H18ClN3O2S. The Labute approximate surface area is 154 Å². The highest BCUT2D eigenvalue weighted by molar-refractivity contribution is 7.12. The Kier molecular flexibility index (Phi) is 4.92. The van der Waals surface area contributed by atoms with Crippen molar-refractivity contribution in [3.63, 3.8) is 0 Å². The molecule has 130 valence electrons. The van der Waals surface area contributed by atoms with Crippen molar-refractivity contribution in [2.75, 3.05) is 6.54 Å². The van der Waals surface area contributed by atoms with E-state index in [1.807, 2.05) is 26.8 Å². The summed E-state index contributed by atoms with van der Waals surface area (Å²) in [7, 11) is 0. The van der Waals surface area contributed by atoms with E-state index in [1.54, 1.807) is 34.4 Å². The van der Waals surface area contributed by atoms with Gasteiger partial charge in [-0.05, 0) is 45.0 Å². The number of fused-ring (bicyclic) bond motifs is 1. The second-order valence-corrected chi connectivity index (χ2v) is 7.72. The van der Waals surface area contributed by atoms with Crippen LogP contribution in [0, 0.1) is 13.8 Å². The number of benzene rings is 1. The van der Waals surface area contributed by atoms with Crippen LogP contribution in [0.25, 0.3) is 10.9 Å². The zero-order valence-electron chi connectivity index (χ0n) is 14.2. The molecule has 7 heteroatoms. The molecule has 1 amide bonds. The van der Waals surface area contributed by atoms with Gasteiger partial charge in [0.2, 0.25) is 0 Å². The van der Waals surface area contributed by atoms with Crippen LogP contribution in [0.5, 0.6) is 0 Å². The summed E-state index contributed by atoms with van der Waals surface area (Å²) < 4.78 is 0. The number of amides is 1. The molecule has 0 atom stereocenters. The molecule has 3 aromatic rings. The minimum Gasteiger partial charge on any atom is -0.331 e. The Bertz CT molecular complexity index is 1010. The normalized spacial score (nSPS) is 11.0. The lowest BCUT2D eigenvalue weighted by molar-refractivity contribution is 0.0748. The fraction of sp³-hybridized carbons (Fsp3) is 0.278. The van der Waals surface area contributed by atoms with Crippen LogP contribution in [-0.4, -0.2) is 27.3 Å². The molecular weight excluding hydrogens is 358 g/mol. The number of halogens is 1. The predicted octanol–water partition coefficient (Wildman–Crippen LogP) is 3.92. The largest absolute Gasteiger partial charge is 0.331 e. The monoisotopic (exact) mass is 375 g/mol. The summed E-state index contributed by atoms with van der Waals surface area (Å²) in [5.41, 5.74) is 0.996. The van der Waals surface area contributed by atoms with E-state index in [9.17, 15) is 9.59 Å². The van der Waals surface area contributed by atoms with Gasteiger partial charge in [-0.15, -0.1) is 11.3 Å². The third-order valence-electron chi connectivity index (χ3n) is 4.00. The van der Waals surface area contributed by atoms with Gasteiger partial charge in [-0.25, -0.2) is 4.98 Å². The summed E-state index contributed by atoms with van der Waals surface area (Å²) >= 11 is 7.59. The molecule has 1 N–H and O–H groups in total.